The molecule has 26 heavy (non-hydrogen) atoms. The number of amides is 2. The first kappa shape index (κ1) is 18.4. The SMILES string of the molecule is CC(C)CNC(=O)C[C@H]1C(=O)NCCN1Cc1cccc2ccccc12. The van der Waals surface area contributed by atoms with Crippen LogP contribution in [0.4, 0.5) is 0 Å². The monoisotopic (exact) mass is 353 g/mol. The number of rotatable bonds is 6. The lowest BCUT2D eigenvalue weighted by Crippen LogP contribution is -2.56. The van der Waals surface area contributed by atoms with Gasteiger partial charge in [-0.2, -0.15) is 0 Å². The molecule has 0 saturated carbocycles. The van der Waals surface area contributed by atoms with Crippen LogP contribution in [0, 0.1) is 5.92 Å². The van der Waals surface area contributed by atoms with Crippen LogP contribution in [0.3, 0.4) is 0 Å². The topological polar surface area (TPSA) is 61.4 Å². The van der Waals surface area contributed by atoms with Crippen LogP contribution in [0.15, 0.2) is 42.5 Å². The number of benzene rings is 2. The van der Waals surface area contributed by atoms with Gasteiger partial charge < -0.3 is 10.6 Å². The number of piperazine rings is 1. The Morgan fingerprint density at radius 1 is 1.23 bits per heavy atom. The predicted octanol–water partition coefficient (Wildman–Crippen LogP) is 2.30. The summed E-state index contributed by atoms with van der Waals surface area (Å²) in [5.74, 6) is 0.269. The minimum Gasteiger partial charge on any atom is -0.356 e. The van der Waals surface area contributed by atoms with Gasteiger partial charge in [0, 0.05) is 26.2 Å². The van der Waals surface area contributed by atoms with E-state index in [0.29, 0.717) is 25.6 Å². The third kappa shape index (κ3) is 4.41. The van der Waals surface area contributed by atoms with E-state index in [2.05, 4.69) is 53.6 Å². The molecule has 3 rings (SSSR count). The molecule has 2 aromatic rings. The van der Waals surface area contributed by atoms with Gasteiger partial charge in [-0.3, -0.25) is 14.5 Å². The molecule has 1 aliphatic rings. The molecule has 2 N–H and O–H groups in total. The highest BCUT2D eigenvalue weighted by Gasteiger charge is 2.31. The van der Waals surface area contributed by atoms with Gasteiger partial charge in [0.15, 0.2) is 0 Å². The van der Waals surface area contributed by atoms with Crippen molar-refractivity contribution in [3.63, 3.8) is 0 Å². The van der Waals surface area contributed by atoms with Crippen LogP contribution in [-0.4, -0.2) is 42.4 Å². The van der Waals surface area contributed by atoms with Crippen LogP contribution in [0.5, 0.6) is 0 Å². The van der Waals surface area contributed by atoms with E-state index in [1.165, 1.54) is 16.3 Å². The van der Waals surface area contributed by atoms with Gasteiger partial charge in [0.05, 0.1) is 12.5 Å². The molecule has 2 amide bonds. The third-order valence-electron chi connectivity index (χ3n) is 4.78. The van der Waals surface area contributed by atoms with Gasteiger partial charge >= 0.3 is 0 Å². The van der Waals surface area contributed by atoms with Crippen LogP contribution in [0.1, 0.15) is 25.8 Å². The van der Waals surface area contributed by atoms with Crippen molar-refractivity contribution >= 4 is 22.6 Å². The molecule has 1 heterocycles. The maximum absolute atomic E-state index is 12.4. The van der Waals surface area contributed by atoms with Crippen molar-refractivity contribution in [2.45, 2.75) is 32.9 Å². The Labute approximate surface area is 154 Å². The Hall–Kier alpha value is -2.40. The van der Waals surface area contributed by atoms with Crippen LogP contribution in [0.25, 0.3) is 10.8 Å². The second-order valence-corrected chi connectivity index (χ2v) is 7.32. The maximum atomic E-state index is 12.4. The molecule has 0 spiro atoms. The Balaban J connectivity index is 1.75. The van der Waals surface area contributed by atoms with Gasteiger partial charge in [-0.15, -0.1) is 0 Å². The molecule has 1 aliphatic heterocycles. The Morgan fingerprint density at radius 2 is 2.00 bits per heavy atom. The van der Waals surface area contributed by atoms with E-state index in [0.717, 1.165) is 6.54 Å². The first-order chi connectivity index (χ1) is 12.5. The van der Waals surface area contributed by atoms with Gasteiger partial charge in [0.1, 0.15) is 0 Å². The highest BCUT2D eigenvalue weighted by Crippen LogP contribution is 2.22. The lowest BCUT2D eigenvalue weighted by atomic mass is 10.0. The molecule has 0 unspecified atom stereocenters. The van der Waals surface area contributed by atoms with Gasteiger partial charge in [-0.25, -0.2) is 0 Å². The first-order valence-electron chi connectivity index (χ1n) is 9.29. The summed E-state index contributed by atoms with van der Waals surface area (Å²) in [5.41, 5.74) is 1.19. The lowest BCUT2D eigenvalue weighted by Gasteiger charge is -2.35. The second kappa shape index (κ2) is 8.32. The molecule has 2 aromatic carbocycles. The van der Waals surface area contributed by atoms with Gasteiger partial charge in [0.2, 0.25) is 11.8 Å². The molecule has 0 aliphatic carbocycles. The van der Waals surface area contributed by atoms with E-state index < -0.39 is 6.04 Å². The third-order valence-corrected chi connectivity index (χ3v) is 4.78. The smallest absolute Gasteiger partial charge is 0.237 e. The Kier molecular flexibility index (Phi) is 5.89. The standard InChI is InChI=1S/C21H27N3O2/c1-15(2)13-23-20(25)12-19-21(26)22-10-11-24(19)14-17-8-5-7-16-6-3-4-9-18(16)17/h3-9,15,19H,10-14H2,1-2H3,(H,22,26)(H,23,25)/t19-/m0/s1. The summed E-state index contributed by atoms with van der Waals surface area (Å²) in [6.45, 7) is 6.78. The van der Waals surface area contributed by atoms with Crippen LogP contribution in [-0.2, 0) is 16.1 Å². The van der Waals surface area contributed by atoms with E-state index in [1.807, 2.05) is 18.2 Å². The quantitative estimate of drug-likeness (QED) is 0.838. The zero-order valence-electron chi connectivity index (χ0n) is 15.5. The summed E-state index contributed by atoms with van der Waals surface area (Å²) in [5, 5.41) is 8.20. The van der Waals surface area contributed by atoms with Crippen LogP contribution >= 0.6 is 0 Å². The number of nitrogens with one attached hydrogen (secondary N) is 2. The van der Waals surface area contributed by atoms with Gasteiger partial charge in [-0.1, -0.05) is 56.3 Å². The molecule has 1 fully saturated rings. The summed E-state index contributed by atoms with van der Waals surface area (Å²) < 4.78 is 0. The molecule has 0 aromatic heterocycles. The van der Waals surface area contributed by atoms with Crippen molar-refractivity contribution in [3.8, 4) is 0 Å². The van der Waals surface area contributed by atoms with Crippen LogP contribution in [0.2, 0.25) is 0 Å². The molecule has 1 atom stereocenters. The highest BCUT2D eigenvalue weighted by atomic mass is 16.2. The zero-order valence-corrected chi connectivity index (χ0v) is 15.5. The van der Waals surface area contributed by atoms with Gasteiger partial charge in [-0.05, 0) is 22.3 Å². The molecule has 0 radical (unpaired) electrons. The van der Waals surface area contributed by atoms with E-state index in [-0.39, 0.29) is 18.2 Å². The van der Waals surface area contributed by atoms with Crippen molar-refractivity contribution in [2.75, 3.05) is 19.6 Å². The van der Waals surface area contributed by atoms with Crippen molar-refractivity contribution in [1.82, 2.24) is 15.5 Å². The molecule has 5 heteroatoms. The van der Waals surface area contributed by atoms with Crippen LogP contribution < -0.4 is 10.6 Å². The van der Waals surface area contributed by atoms with E-state index >= 15 is 0 Å². The number of hydrogen-bond donors (Lipinski definition) is 2. The maximum Gasteiger partial charge on any atom is 0.237 e. The fourth-order valence-electron chi connectivity index (χ4n) is 3.39. The minimum atomic E-state index is -0.421. The molecule has 138 valence electrons. The molecular formula is C21H27N3O2. The number of carbonyl (C=O) groups is 2. The van der Waals surface area contributed by atoms with Gasteiger partial charge in [0.25, 0.3) is 0 Å². The fraction of sp³-hybridized carbons (Fsp3) is 0.429. The second-order valence-electron chi connectivity index (χ2n) is 7.32. The molecular weight excluding hydrogens is 326 g/mol. The summed E-state index contributed by atoms with van der Waals surface area (Å²) >= 11 is 0. The average molecular weight is 353 g/mol. The summed E-state index contributed by atoms with van der Waals surface area (Å²) in [7, 11) is 0. The number of nitrogens with zero attached hydrogens (tertiary/aromatic N) is 1. The predicted molar refractivity (Wildman–Crippen MR) is 104 cm³/mol. The first-order valence-corrected chi connectivity index (χ1v) is 9.29. The number of hydrogen-bond acceptors (Lipinski definition) is 3. The van der Waals surface area contributed by atoms with E-state index in [9.17, 15) is 9.59 Å². The molecule has 1 saturated heterocycles. The molecule has 5 nitrogen and oxygen atoms in total. The summed E-state index contributed by atoms with van der Waals surface area (Å²) in [6.07, 6.45) is 0.198. The van der Waals surface area contributed by atoms with E-state index in [4.69, 9.17) is 0 Å². The Bertz CT molecular complexity index is 782. The van der Waals surface area contributed by atoms with Crippen molar-refractivity contribution in [2.24, 2.45) is 5.92 Å². The molecule has 0 bridgehead atoms. The van der Waals surface area contributed by atoms with Crippen molar-refractivity contribution in [1.29, 1.82) is 0 Å². The Morgan fingerprint density at radius 3 is 2.81 bits per heavy atom. The zero-order chi connectivity index (χ0) is 18.5. The highest BCUT2D eigenvalue weighted by molar-refractivity contribution is 5.89. The largest absolute Gasteiger partial charge is 0.356 e. The van der Waals surface area contributed by atoms with E-state index in [1.54, 1.807) is 0 Å². The summed E-state index contributed by atoms with van der Waals surface area (Å²) in [4.78, 5) is 26.8. The fourth-order valence-corrected chi connectivity index (χ4v) is 3.39. The lowest BCUT2D eigenvalue weighted by molar-refractivity contribution is -0.134. The minimum absolute atomic E-state index is 0.0591. The van der Waals surface area contributed by atoms with Crippen molar-refractivity contribution < 1.29 is 9.59 Å². The summed E-state index contributed by atoms with van der Waals surface area (Å²) in [6, 6.07) is 14.1. The normalized spacial score (nSPS) is 18.1. The number of carbonyl (C=O) groups excluding carboxylic acids is 2. The average Bonchev–Trinajstić information content (AvgIpc) is 2.63. The van der Waals surface area contributed by atoms with Crippen molar-refractivity contribution in [3.05, 3.63) is 48.0 Å². The number of fused-ring (bicyclic) bond motifs is 1.